The Balaban J connectivity index is 0.000000123. The molecule has 0 atom stereocenters. The lowest BCUT2D eigenvalue weighted by atomic mass is 10.3. The summed E-state index contributed by atoms with van der Waals surface area (Å²) in [5.41, 5.74) is 3.52. The van der Waals surface area contributed by atoms with Gasteiger partial charge >= 0.3 is 0 Å². The van der Waals surface area contributed by atoms with E-state index >= 15 is 0 Å². The van der Waals surface area contributed by atoms with Crippen molar-refractivity contribution >= 4 is 28.2 Å². The first-order valence-corrected chi connectivity index (χ1v) is 10.1. The van der Waals surface area contributed by atoms with E-state index in [2.05, 4.69) is 20.2 Å². The van der Waals surface area contributed by atoms with Crippen LogP contribution in [-0.4, -0.2) is 62.6 Å². The molecule has 8 nitrogen and oxygen atoms in total. The number of benzene rings is 2. The molecule has 0 saturated carbocycles. The normalized spacial score (nSPS) is 16.5. The molecule has 0 radical (unpaired) electrons. The minimum absolute atomic E-state index is 0.708. The van der Waals surface area contributed by atoms with Crippen LogP contribution >= 0.6 is 0 Å². The van der Waals surface area contributed by atoms with Gasteiger partial charge in [-0.25, -0.2) is 4.98 Å². The second kappa shape index (κ2) is 10.7. The quantitative estimate of drug-likeness (QED) is 0.512. The number of hydrogen-bond acceptors (Lipinski definition) is 8. The van der Waals surface area contributed by atoms with Crippen molar-refractivity contribution in [3.8, 4) is 0 Å². The van der Waals surface area contributed by atoms with Crippen molar-refractivity contribution in [2.45, 2.75) is 0 Å². The summed E-state index contributed by atoms with van der Waals surface area (Å²) in [7, 11) is 0. The molecule has 30 heavy (non-hydrogen) atoms. The van der Waals surface area contributed by atoms with Crippen molar-refractivity contribution in [2.24, 2.45) is 0 Å². The average Bonchev–Trinajstić information content (AvgIpc) is 3.49. The highest BCUT2D eigenvalue weighted by molar-refractivity contribution is 5.74. The number of aromatic nitrogens is 2. The Morgan fingerprint density at radius 2 is 1.43 bits per heavy atom. The van der Waals surface area contributed by atoms with Gasteiger partial charge in [0.1, 0.15) is 11.0 Å². The molecule has 4 aromatic rings. The van der Waals surface area contributed by atoms with Crippen LogP contribution in [0.25, 0.3) is 22.2 Å². The van der Waals surface area contributed by atoms with Crippen LogP contribution in [0.15, 0.2) is 63.8 Å². The smallest absolute Gasteiger partial charge is 0.298 e. The number of nitrogens with zero attached hydrogens (tertiary/aromatic N) is 3. The first kappa shape index (κ1) is 20.3. The molecule has 0 aliphatic carbocycles. The van der Waals surface area contributed by atoms with E-state index in [9.17, 15) is 0 Å². The topological polar surface area (TPSA) is 85.8 Å². The molecular formula is C22H26N4O4. The van der Waals surface area contributed by atoms with Crippen molar-refractivity contribution < 1.29 is 18.3 Å². The van der Waals surface area contributed by atoms with Crippen LogP contribution < -0.4 is 10.2 Å². The average molecular weight is 410 g/mol. The zero-order chi connectivity index (χ0) is 20.4. The van der Waals surface area contributed by atoms with Gasteiger partial charge in [-0.2, -0.15) is 4.98 Å². The molecule has 2 fully saturated rings. The first-order chi connectivity index (χ1) is 14.9. The molecule has 2 aromatic heterocycles. The fourth-order valence-corrected chi connectivity index (χ4v) is 3.07. The van der Waals surface area contributed by atoms with E-state index in [0.717, 1.165) is 74.8 Å². The highest BCUT2D eigenvalue weighted by Gasteiger charge is 2.16. The molecule has 4 heterocycles. The summed E-state index contributed by atoms with van der Waals surface area (Å²) < 4.78 is 21.0. The van der Waals surface area contributed by atoms with Crippen molar-refractivity contribution in [3.05, 3.63) is 54.9 Å². The molecule has 0 spiro atoms. The summed E-state index contributed by atoms with van der Waals surface area (Å²) in [6.07, 6.45) is 1.45. The zero-order valence-corrected chi connectivity index (χ0v) is 16.8. The number of morpholine rings is 2. The third kappa shape index (κ3) is 5.56. The number of nitrogens with one attached hydrogen (secondary N) is 1. The Bertz CT molecular complexity index is 947. The monoisotopic (exact) mass is 410 g/mol. The third-order valence-electron chi connectivity index (χ3n) is 4.65. The molecule has 2 aliphatic heterocycles. The van der Waals surface area contributed by atoms with Crippen LogP contribution in [-0.2, 0) is 9.47 Å². The van der Waals surface area contributed by atoms with Crippen LogP contribution in [0.1, 0.15) is 0 Å². The Labute approximate surface area is 174 Å². The fraction of sp³-hybridized carbons (Fsp3) is 0.364. The number of ether oxygens (including phenoxy) is 2. The van der Waals surface area contributed by atoms with E-state index in [1.807, 2.05) is 48.5 Å². The van der Waals surface area contributed by atoms with Crippen LogP contribution in [0.4, 0.5) is 6.01 Å². The second-order valence-corrected chi connectivity index (χ2v) is 6.75. The lowest BCUT2D eigenvalue weighted by Gasteiger charge is -2.24. The van der Waals surface area contributed by atoms with Gasteiger partial charge in [0.2, 0.25) is 0 Å². The molecule has 0 bridgehead atoms. The van der Waals surface area contributed by atoms with Gasteiger partial charge in [0.15, 0.2) is 17.6 Å². The number of hydrogen-bond donors (Lipinski definition) is 1. The largest absolute Gasteiger partial charge is 0.443 e. The van der Waals surface area contributed by atoms with Gasteiger partial charge in [0.05, 0.1) is 26.4 Å². The number of para-hydroxylation sites is 4. The fourth-order valence-electron chi connectivity index (χ4n) is 3.07. The maximum Gasteiger partial charge on any atom is 0.298 e. The second-order valence-electron chi connectivity index (χ2n) is 6.75. The molecule has 0 unspecified atom stereocenters. The minimum atomic E-state index is 0.708. The van der Waals surface area contributed by atoms with E-state index in [1.54, 1.807) is 0 Å². The third-order valence-corrected chi connectivity index (χ3v) is 4.65. The predicted octanol–water partition coefficient (Wildman–Crippen LogP) is 3.10. The van der Waals surface area contributed by atoms with Crippen LogP contribution in [0.3, 0.4) is 0 Å². The van der Waals surface area contributed by atoms with E-state index < -0.39 is 0 Å². The van der Waals surface area contributed by atoms with Gasteiger partial charge in [0.25, 0.3) is 6.01 Å². The van der Waals surface area contributed by atoms with Crippen molar-refractivity contribution in [2.75, 3.05) is 57.5 Å². The number of oxazole rings is 2. The highest BCUT2D eigenvalue weighted by atomic mass is 16.5. The Hall–Kier alpha value is -2.94. The maximum absolute atomic E-state index is 5.67. The summed E-state index contributed by atoms with van der Waals surface area (Å²) in [6.45, 7) is 7.04. The lowest BCUT2D eigenvalue weighted by molar-refractivity contribution is 0.109. The lowest BCUT2D eigenvalue weighted by Crippen LogP contribution is -2.36. The van der Waals surface area contributed by atoms with E-state index in [4.69, 9.17) is 18.3 Å². The van der Waals surface area contributed by atoms with E-state index in [1.165, 1.54) is 6.39 Å². The summed E-state index contributed by atoms with van der Waals surface area (Å²) in [4.78, 5) is 10.5. The molecule has 2 aromatic carbocycles. The molecular weight excluding hydrogens is 384 g/mol. The van der Waals surface area contributed by atoms with E-state index in [-0.39, 0.29) is 0 Å². The molecule has 0 amide bonds. The minimum Gasteiger partial charge on any atom is -0.443 e. The summed E-state index contributed by atoms with van der Waals surface area (Å²) in [5, 5.41) is 3.16. The standard InChI is InChI=1S/C11H12N2O2.C7H5NO.C4H9NO/c1-2-4-10-9(3-1)12-11(15-10)13-5-7-14-8-6-13;1-2-4-7-6(3-1)8-5-9-7;1-3-6-4-2-5-1/h1-4H,5-8H2;1-5H;5H,1-4H2. The highest BCUT2D eigenvalue weighted by Crippen LogP contribution is 2.21. The number of fused-ring (bicyclic) bond motifs is 2. The Kier molecular flexibility index (Phi) is 7.27. The predicted molar refractivity (Wildman–Crippen MR) is 115 cm³/mol. The molecule has 2 saturated heterocycles. The summed E-state index contributed by atoms with van der Waals surface area (Å²) in [6, 6.07) is 16.2. The van der Waals surface area contributed by atoms with E-state index in [0.29, 0.717) is 6.01 Å². The number of rotatable bonds is 1. The molecule has 158 valence electrons. The van der Waals surface area contributed by atoms with Crippen LogP contribution in [0.2, 0.25) is 0 Å². The van der Waals surface area contributed by atoms with Gasteiger partial charge in [-0.15, -0.1) is 0 Å². The van der Waals surface area contributed by atoms with Crippen molar-refractivity contribution in [1.29, 1.82) is 0 Å². The van der Waals surface area contributed by atoms with Gasteiger partial charge in [-0.1, -0.05) is 24.3 Å². The van der Waals surface area contributed by atoms with Gasteiger partial charge < -0.3 is 28.5 Å². The SMILES string of the molecule is C1COCCN1.c1ccc2oc(N3CCOCC3)nc2c1.c1ccc2ocnc2c1. The molecule has 1 N–H and O–H groups in total. The van der Waals surface area contributed by atoms with Gasteiger partial charge in [0, 0.05) is 26.2 Å². The zero-order valence-electron chi connectivity index (χ0n) is 16.8. The molecule has 2 aliphatic rings. The van der Waals surface area contributed by atoms with Crippen molar-refractivity contribution in [1.82, 2.24) is 15.3 Å². The summed E-state index contributed by atoms with van der Waals surface area (Å²) in [5.74, 6) is 0. The molecule has 8 heteroatoms. The van der Waals surface area contributed by atoms with Gasteiger partial charge in [-0.05, 0) is 24.3 Å². The van der Waals surface area contributed by atoms with Crippen molar-refractivity contribution in [3.63, 3.8) is 0 Å². The Morgan fingerprint density at radius 3 is 2.07 bits per heavy atom. The van der Waals surface area contributed by atoms with Crippen LogP contribution in [0, 0.1) is 0 Å². The Morgan fingerprint density at radius 1 is 0.767 bits per heavy atom. The summed E-state index contributed by atoms with van der Waals surface area (Å²) >= 11 is 0. The first-order valence-electron chi connectivity index (χ1n) is 10.1. The maximum atomic E-state index is 5.67. The molecule has 6 rings (SSSR count). The number of anilines is 1. The van der Waals surface area contributed by atoms with Crippen LogP contribution in [0.5, 0.6) is 0 Å². The van der Waals surface area contributed by atoms with Gasteiger partial charge in [-0.3, -0.25) is 0 Å².